The topological polar surface area (TPSA) is 86.8 Å². The Hall–Kier alpha value is -3.28. The minimum atomic E-state index is -4.76. The lowest BCUT2D eigenvalue weighted by Gasteiger charge is -2.33. The molecule has 2 amide bonds. The number of carbonyl (C=O) groups is 2. The van der Waals surface area contributed by atoms with E-state index in [1.165, 1.54) is 35.2 Å². The van der Waals surface area contributed by atoms with Gasteiger partial charge in [-0.05, 0) is 67.3 Å². The fourth-order valence-electron chi connectivity index (χ4n) is 4.38. The van der Waals surface area contributed by atoms with Gasteiger partial charge >= 0.3 is 6.18 Å². The van der Waals surface area contributed by atoms with E-state index in [-0.39, 0.29) is 39.5 Å². The normalized spacial score (nSPS) is 12.6. The first-order chi connectivity index (χ1) is 20.5. The second-order valence-electron chi connectivity index (χ2n) is 10.7. The molecule has 0 aromatic heterocycles. The molecule has 0 aliphatic rings. The molecule has 0 saturated carbocycles. The number of hydrogen-bond donors (Lipinski definition) is 1. The van der Waals surface area contributed by atoms with E-state index in [1.807, 2.05) is 13.8 Å². The molecule has 0 heterocycles. The fraction of sp³-hybridized carbons (Fsp3) is 0.355. The van der Waals surface area contributed by atoms with Gasteiger partial charge in [0.15, 0.2) is 0 Å². The highest BCUT2D eigenvalue weighted by Crippen LogP contribution is 2.33. The Morgan fingerprint density at radius 2 is 1.61 bits per heavy atom. The van der Waals surface area contributed by atoms with Crippen LogP contribution in [0.2, 0.25) is 10.0 Å². The van der Waals surface area contributed by atoms with Crippen LogP contribution in [0.3, 0.4) is 0 Å². The van der Waals surface area contributed by atoms with Crippen LogP contribution in [0, 0.1) is 12.8 Å². The summed E-state index contributed by atoms with van der Waals surface area (Å²) >= 11 is 12.3. The summed E-state index contributed by atoms with van der Waals surface area (Å²) in [6, 6.07) is 13.1. The molecule has 3 aromatic carbocycles. The third-order valence-electron chi connectivity index (χ3n) is 6.76. The van der Waals surface area contributed by atoms with Crippen LogP contribution in [-0.4, -0.2) is 44.3 Å². The molecule has 0 radical (unpaired) electrons. The number of sulfonamides is 1. The summed E-state index contributed by atoms with van der Waals surface area (Å²) in [4.78, 5) is 28.4. The lowest BCUT2D eigenvalue weighted by atomic mass is 10.1. The van der Waals surface area contributed by atoms with E-state index in [1.54, 1.807) is 32.0 Å². The predicted molar refractivity (Wildman–Crippen MR) is 166 cm³/mol. The molecule has 7 nitrogen and oxygen atoms in total. The number of alkyl halides is 3. The van der Waals surface area contributed by atoms with Crippen molar-refractivity contribution in [2.75, 3.05) is 17.4 Å². The highest BCUT2D eigenvalue weighted by atomic mass is 35.5. The third kappa shape index (κ3) is 8.89. The summed E-state index contributed by atoms with van der Waals surface area (Å²) in [5.41, 5.74) is -0.175. The van der Waals surface area contributed by atoms with Crippen molar-refractivity contribution >= 4 is 50.7 Å². The van der Waals surface area contributed by atoms with Crippen molar-refractivity contribution < 1.29 is 31.2 Å². The number of nitrogens with zero attached hydrogens (tertiary/aromatic N) is 2. The molecule has 0 fully saturated rings. The van der Waals surface area contributed by atoms with Gasteiger partial charge in [-0.15, -0.1) is 0 Å². The molecule has 0 spiro atoms. The van der Waals surface area contributed by atoms with E-state index in [0.717, 1.165) is 17.7 Å². The van der Waals surface area contributed by atoms with Crippen LogP contribution < -0.4 is 9.62 Å². The standard InChI is InChI=1S/C31H34Cl2F3N3O4S/c1-5-28(30(41)37-17-20(2)3)38(18-22-11-14-26(32)27(33)15-22)29(40)19-39(24-8-6-7-23(16-24)31(34,35)36)44(42,43)25-12-9-21(4)10-13-25/h6-16,20,28H,5,17-19H2,1-4H3,(H,37,41). The second kappa shape index (κ2) is 14.7. The van der Waals surface area contributed by atoms with Crippen LogP contribution >= 0.6 is 23.2 Å². The van der Waals surface area contributed by atoms with Crippen molar-refractivity contribution in [3.05, 3.63) is 93.5 Å². The summed E-state index contributed by atoms with van der Waals surface area (Å²) in [6.07, 6.45) is -4.59. The molecule has 0 aliphatic carbocycles. The predicted octanol–water partition coefficient (Wildman–Crippen LogP) is 7.10. The average Bonchev–Trinajstić information content (AvgIpc) is 2.96. The number of carbonyl (C=O) groups excluding carboxylic acids is 2. The van der Waals surface area contributed by atoms with Crippen LogP contribution in [0.5, 0.6) is 0 Å². The Morgan fingerprint density at radius 3 is 2.18 bits per heavy atom. The van der Waals surface area contributed by atoms with Crippen LogP contribution in [0.15, 0.2) is 71.6 Å². The van der Waals surface area contributed by atoms with Crippen molar-refractivity contribution in [1.29, 1.82) is 0 Å². The molecule has 0 bridgehead atoms. The first-order valence-corrected chi connectivity index (χ1v) is 16.0. The Balaban J connectivity index is 2.12. The zero-order chi connectivity index (χ0) is 32.8. The summed E-state index contributed by atoms with van der Waals surface area (Å²) in [5.74, 6) is -1.15. The van der Waals surface area contributed by atoms with Gasteiger partial charge in [0, 0.05) is 13.1 Å². The minimum Gasteiger partial charge on any atom is -0.354 e. The fourth-order valence-corrected chi connectivity index (χ4v) is 6.11. The smallest absolute Gasteiger partial charge is 0.354 e. The average molecular weight is 673 g/mol. The zero-order valence-electron chi connectivity index (χ0n) is 24.7. The number of aryl methyl sites for hydroxylation is 1. The molecule has 1 atom stereocenters. The van der Waals surface area contributed by atoms with Crippen molar-refractivity contribution in [2.24, 2.45) is 5.92 Å². The lowest BCUT2D eigenvalue weighted by molar-refractivity contribution is -0.140. The van der Waals surface area contributed by atoms with Gasteiger partial charge in [-0.3, -0.25) is 13.9 Å². The third-order valence-corrected chi connectivity index (χ3v) is 9.28. The zero-order valence-corrected chi connectivity index (χ0v) is 27.0. The van der Waals surface area contributed by atoms with E-state index in [0.29, 0.717) is 22.5 Å². The molecule has 1 N–H and O–H groups in total. The number of hydrogen-bond acceptors (Lipinski definition) is 4. The first kappa shape index (κ1) is 35.2. The molecular weight excluding hydrogens is 638 g/mol. The van der Waals surface area contributed by atoms with Crippen LogP contribution in [0.25, 0.3) is 0 Å². The summed E-state index contributed by atoms with van der Waals surface area (Å²) < 4.78 is 69.4. The SMILES string of the molecule is CCC(C(=O)NCC(C)C)N(Cc1ccc(Cl)c(Cl)c1)C(=O)CN(c1cccc(C(F)(F)F)c1)S(=O)(=O)c1ccc(C)cc1. The Kier molecular flexibility index (Phi) is 11.7. The first-order valence-electron chi connectivity index (χ1n) is 13.8. The molecule has 0 aliphatic heterocycles. The number of halogens is 5. The van der Waals surface area contributed by atoms with Crippen molar-refractivity contribution in [3.63, 3.8) is 0 Å². The maximum absolute atomic E-state index is 14.1. The van der Waals surface area contributed by atoms with E-state index >= 15 is 0 Å². The molecule has 3 aromatic rings. The Labute approximate surface area is 266 Å². The highest BCUT2D eigenvalue weighted by Gasteiger charge is 2.36. The van der Waals surface area contributed by atoms with Gasteiger partial charge in [-0.25, -0.2) is 8.42 Å². The van der Waals surface area contributed by atoms with Crippen molar-refractivity contribution in [2.45, 2.75) is 57.8 Å². The highest BCUT2D eigenvalue weighted by molar-refractivity contribution is 7.92. The van der Waals surface area contributed by atoms with Gasteiger partial charge in [-0.1, -0.05) is 73.8 Å². The van der Waals surface area contributed by atoms with Crippen LogP contribution in [0.1, 0.15) is 43.9 Å². The van der Waals surface area contributed by atoms with Gasteiger partial charge in [0.25, 0.3) is 10.0 Å². The van der Waals surface area contributed by atoms with E-state index in [4.69, 9.17) is 23.2 Å². The Bertz CT molecular complexity index is 1580. The number of rotatable bonds is 12. The maximum Gasteiger partial charge on any atom is 0.416 e. The number of nitrogens with one attached hydrogen (secondary N) is 1. The monoisotopic (exact) mass is 671 g/mol. The minimum absolute atomic E-state index is 0.117. The number of anilines is 1. The summed E-state index contributed by atoms with van der Waals surface area (Å²) in [6.45, 7) is 6.56. The van der Waals surface area contributed by atoms with Crippen LogP contribution in [-0.2, 0) is 32.3 Å². The van der Waals surface area contributed by atoms with Gasteiger partial charge in [0.2, 0.25) is 11.8 Å². The summed E-state index contributed by atoms with van der Waals surface area (Å²) in [7, 11) is -4.54. The largest absolute Gasteiger partial charge is 0.416 e. The molecule has 3 rings (SSSR count). The lowest BCUT2D eigenvalue weighted by Crippen LogP contribution is -2.52. The van der Waals surface area contributed by atoms with E-state index < -0.39 is 46.2 Å². The van der Waals surface area contributed by atoms with Crippen LogP contribution in [0.4, 0.5) is 18.9 Å². The quantitative estimate of drug-likeness (QED) is 0.223. The summed E-state index contributed by atoms with van der Waals surface area (Å²) in [5, 5.41) is 3.29. The van der Waals surface area contributed by atoms with Gasteiger partial charge in [-0.2, -0.15) is 13.2 Å². The number of benzene rings is 3. The van der Waals surface area contributed by atoms with E-state index in [2.05, 4.69) is 5.32 Å². The van der Waals surface area contributed by atoms with Gasteiger partial charge in [0.05, 0.1) is 26.2 Å². The van der Waals surface area contributed by atoms with Gasteiger partial charge < -0.3 is 10.2 Å². The molecule has 44 heavy (non-hydrogen) atoms. The molecule has 0 saturated heterocycles. The Morgan fingerprint density at radius 1 is 0.955 bits per heavy atom. The van der Waals surface area contributed by atoms with Crippen molar-refractivity contribution in [1.82, 2.24) is 10.2 Å². The molecule has 238 valence electrons. The van der Waals surface area contributed by atoms with Crippen molar-refractivity contribution in [3.8, 4) is 0 Å². The molecule has 13 heteroatoms. The number of amides is 2. The maximum atomic E-state index is 14.1. The second-order valence-corrected chi connectivity index (χ2v) is 13.4. The molecular formula is C31H34Cl2F3N3O4S. The van der Waals surface area contributed by atoms with Gasteiger partial charge in [0.1, 0.15) is 12.6 Å². The van der Waals surface area contributed by atoms with E-state index in [9.17, 15) is 31.2 Å². The molecule has 1 unspecified atom stereocenters.